The van der Waals surface area contributed by atoms with Crippen LogP contribution in [-0.2, 0) is 9.53 Å². The summed E-state index contributed by atoms with van der Waals surface area (Å²) >= 11 is 7.45. The lowest BCUT2D eigenvalue weighted by atomic mass is 10.1. The Labute approximate surface area is 138 Å². The number of hydrogen-bond acceptors (Lipinski definition) is 4. The Hall–Kier alpha value is -1.85. The van der Waals surface area contributed by atoms with Crippen LogP contribution in [0.5, 0.6) is 0 Å². The van der Waals surface area contributed by atoms with Crippen LogP contribution >= 0.6 is 22.9 Å². The van der Waals surface area contributed by atoms with Gasteiger partial charge in [-0.15, -0.1) is 11.3 Å². The smallest absolute Gasteiger partial charge is 0.348 e. The summed E-state index contributed by atoms with van der Waals surface area (Å²) in [7, 11) is 0. The lowest BCUT2D eigenvalue weighted by molar-refractivity contribution is -0.119. The molecule has 6 heteroatoms. The third kappa shape index (κ3) is 4.08. The van der Waals surface area contributed by atoms with Gasteiger partial charge in [0.1, 0.15) is 4.88 Å². The molecule has 0 radical (unpaired) electrons. The van der Waals surface area contributed by atoms with Crippen LogP contribution in [0.3, 0.4) is 0 Å². The number of ether oxygens (including phenoxy) is 1. The van der Waals surface area contributed by atoms with Crippen molar-refractivity contribution in [2.24, 2.45) is 0 Å². The van der Waals surface area contributed by atoms with Gasteiger partial charge in [0.2, 0.25) is 0 Å². The Morgan fingerprint density at radius 2 is 1.95 bits per heavy atom. The van der Waals surface area contributed by atoms with Crippen molar-refractivity contribution in [3.63, 3.8) is 0 Å². The molecule has 4 nitrogen and oxygen atoms in total. The third-order valence-corrected chi connectivity index (χ3v) is 4.25. The Morgan fingerprint density at radius 1 is 1.23 bits per heavy atom. The van der Waals surface area contributed by atoms with Gasteiger partial charge in [-0.25, -0.2) is 4.79 Å². The highest BCUT2D eigenvalue weighted by Gasteiger charge is 2.14. The number of nitrogens with one attached hydrogen (secondary N) is 1. The van der Waals surface area contributed by atoms with Crippen molar-refractivity contribution in [2.75, 3.05) is 11.9 Å². The van der Waals surface area contributed by atoms with Crippen LogP contribution in [-0.4, -0.2) is 18.5 Å². The molecule has 116 valence electrons. The van der Waals surface area contributed by atoms with Gasteiger partial charge in [0.25, 0.3) is 5.91 Å². The van der Waals surface area contributed by atoms with E-state index in [9.17, 15) is 9.59 Å². The van der Waals surface area contributed by atoms with Crippen molar-refractivity contribution in [1.82, 2.24) is 0 Å². The lowest BCUT2D eigenvalue weighted by Crippen LogP contribution is -2.21. The molecular formula is C16H16ClNO3S. The van der Waals surface area contributed by atoms with E-state index in [0.29, 0.717) is 15.6 Å². The molecule has 0 saturated heterocycles. The molecule has 0 unspecified atom stereocenters. The molecule has 1 N–H and O–H groups in total. The second-order valence-corrected chi connectivity index (χ2v) is 6.67. The van der Waals surface area contributed by atoms with Crippen LogP contribution < -0.4 is 5.32 Å². The number of thiophene rings is 1. The SMILES string of the molecule is Cc1cc(C)c(NC(=O)COC(=O)c2ccc(C)s2)c(Cl)c1. The van der Waals surface area contributed by atoms with Gasteiger partial charge in [-0.3, -0.25) is 4.79 Å². The molecule has 0 spiro atoms. The number of anilines is 1. The summed E-state index contributed by atoms with van der Waals surface area (Å²) in [6.07, 6.45) is 0. The van der Waals surface area contributed by atoms with Crippen molar-refractivity contribution >= 4 is 40.5 Å². The standard InChI is InChI=1S/C16H16ClNO3S/c1-9-6-10(2)15(12(17)7-9)18-14(19)8-21-16(20)13-5-4-11(3)22-13/h4-7H,8H2,1-3H3,(H,18,19). The number of benzene rings is 1. The van der Waals surface area contributed by atoms with Gasteiger partial charge < -0.3 is 10.1 Å². The van der Waals surface area contributed by atoms with Crippen molar-refractivity contribution in [1.29, 1.82) is 0 Å². The van der Waals surface area contributed by atoms with Crippen LogP contribution in [0.1, 0.15) is 25.7 Å². The van der Waals surface area contributed by atoms with E-state index < -0.39 is 11.9 Å². The largest absolute Gasteiger partial charge is 0.451 e. The second-order valence-electron chi connectivity index (χ2n) is 4.97. The maximum Gasteiger partial charge on any atom is 0.348 e. The van der Waals surface area contributed by atoms with Gasteiger partial charge in [-0.05, 0) is 50.1 Å². The number of carbonyl (C=O) groups is 2. The summed E-state index contributed by atoms with van der Waals surface area (Å²) in [5.74, 6) is -0.921. The van der Waals surface area contributed by atoms with Gasteiger partial charge in [-0.2, -0.15) is 0 Å². The fraction of sp³-hybridized carbons (Fsp3) is 0.250. The normalized spacial score (nSPS) is 10.4. The molecule has 22 heavy (non-hydrogen) atoms. The molecule has 0 atom stereocenters. The Balaban J connectivity index is 1.95. The van der Waals surface area contributed by atoms with E-state index in [1.165, 1.54) is 11.3 Å². The van der Waals surface area contributed by atoms with Gasteiger partial charge in [0.05, 0.1) is 10.7 Å². The van der Waals surface area contributed by atoms with Crippen LogP contribution in [0.15, 0.2) is 24.3 Å². The topological polar surface area (TPSA) is 55.4 Å². The fourth-order valence-electron chi connectivity index (χ4n) is 2.00. The van der Waals surface area contributed by atoms with Crippen LogP contribution in [0.2, 0.25) is 5.02 Å². The highest BCUT2D eigenvalue weighted by atomic mass is 35.5. The summed E-state index contributed by atoms with van der Waals surface area (Å²) in [6, 6.07) is 7.20. The number of aryl methyl sites for hydroxylation is 3. The minimum atomic E-state index is -0.500. The molecule has 0 fully saturated rings. The lowest BCUT2D eigenvalue weighted by Gasteiger charge is -2.11. The molecule has 1 heterocycles. The average Bonchev–Trinajstić information content (AvgIpc) is 2.87. The number of carbonyl (C=O) groups excluding carboxylic acids is 2. The number of hydrogen-bond donors (Lipinski definition) is 1. The van der Waals surface area contributed by atoms with Crippen molar-refractivity contribution < 1.29 is 14.3 Å². The molecule has 2 aromatic rings. The minimum Gasteiger partial charge on any atom is -0.451 e. The van der Waals surface area contributed by atoms with Crippen molar-refractivity contribution in [2.45, 2.75) is 20.8 Å². The zero-order valence-electron chi connectivity index (χ0n) is 12.5. The molecule has 0 aliphatic carbocycles. The summed E-state index contributed by atoms with van der Waals surface area (Å²) in [5.41, 5.74) is 2.42. The van der Waals surface area contributed by atoms with E-state index in [4.69, 9.17) is 16.3 Å². The minimum absolute atomic E-state index is 0.348. The van der Waals surface area contributed by atoms with E-state index in [1.54, 1.807) is 12.1 Å². The van der Waals surface area contributed by atoms with Gasteiger partial charge in [0.15, 0.2) is 6.61 Å². The first kappa shape index (κ1) is 16.5. The first-order chi connectivity index (χ1) is 10.4. The fourth-order valence-corrected chi connectivity index (χ4v) is 3.13. The van der Waals surface area contributed by atoms with E-state index in [1.807, 2.05) is 32.9 Å². The van der Waals surface area contributed by atoms with E-state index in [0.717, 1.165) is 16.0 Å². The summed E-state index contributed by atoms with van der Waals surface area (Å²) in [6.45, 7) is 5.33. The van der Waals surface area contributed by atoms with Crippen LogP contribution in [0, 0.1) is 20.8 Å². The van der Waals surface area contributed by atoms with Gasteiger partial charge in [0, 0.05) is 4.88 Å². The predicted molar refractivity (Wildman–Crippen MR) is 88.9 cm³/mol. The first-order valence-electron chi connectivity index (χ1n) is 6.67. The quantitative estimate of drug-likeness (QED) is 0.854. The summed E-state index contributed by atoms with van der Waals surface area (Å²) in [5, 5.41) is 3.14. The summed E-state index contributed by atoms with van der Waals surface area (Å²) < 4.78 is 5.00. The molecule has 0 aliphatic heterocycles. The second kappa shape index (κ2) is 6.94. The zero-order chi connectivity index (χ0) is 16.3. The zero-order valence-corrected chi connectivity index (χ0v) is 14.1. The number of esters is 1. The average molecular weight is 338 g/mol. The maximum atomic E-state index is 11.9. The van der Waals surface area contributed by atoms with E-state index in [2.05, 4.69) is 5.32 Å². The Morgan fingerprint density at radius 3 is 2.55 bits per heavy atom. The molecule has 1 amide bonds. The van der Waals surface area contributed by atoms with Crippen LogP contribution in [0.4, 0.5) is 5.69 Å². The maximum absolute atomic E-state index is 11.9. The van der Waals surface area contributed by atoms with Crippen LogP contribution in [0.25, 0.3) is 0 Å². The molecular weight excluding hydrogens is 322 g/mol. The summed E-state index contributed by atoms with van der Waals surface area (Å²) in [4.78, 5) is 25.2. The van der Waals surface area contributed by atoms with Gasteiger partial charge in [-0.1, -0.05) is 17.7 Å². The Bertz CT molecular complexity index is 701. The number of halogens is 1. The van der Waals surface area contributed by atoms with Crippen molar-refractivity contribution in [3.8, 4) is 0 Å². The van der Waals surface area contributed by atoms with E-state index >= 15 is 0 Å². The first-order valence-corrected chi connectivity index (χ1v) is 7.86. The molecule has 0 saturated carbocycles. The Kier molecular flexibility index (Phi) is 5.21. The number of rotatable bonds is 4. The molecule has 2 rings (SSSR count). The third-order valence-electron chi connectivity index (χ3n) is 2.97. The molecule has 1 aromatic heterocycles. The van der Waals surface area contributed by atoms with Gasteiger partial charge >= 0.3 is 5.97 Å². The molecule has 1 aromatic carbocycles. The molecule has 0 aliphatic rings. The number of amides is 1. The van der Waals surface area contributed by atoms with Crippen molar-refractivity contribution in [3.05, 3.63) is 50.2 Å². The predicted octanol–water partition coefficient (Wildman–Crippen LogP) is 4.12. The monoisotopic (exact) mass is 337 g/mol. The molecule has 0 bridgehead atoms. The highest BCUT2D eigenvalue weighted by Crippen LogP contribution is 2.27. The highest BCUT2D eigenvalue weighted by molar-refractivity contribution is 7.13. The van der Waals surface area contributed by atoms with E-state index in [-0.39, 0.29) is 6.61 Å².